The van der Waals surface area contributed by atoms with Gasteiger partial charge in [-0.3, -0.25) is 9.69 Å². The van der Waals surface area contributed by atoms with E-state index in [1.54, 1.807) is 0 Å². The van der Waals surface area contributed by atoms with Crippen LogP contribution in [0.3, 0.4) is 0 Å². The Morgan fingerprint density at radius 1 is 1.33 bits per heavy atom. The fourth-order valence-electron chi connectivity index (χ4n) is 3.66. The van der Waals surface area contributed by atoms with Crippen LogP contribution in [-0.4, -0.2) is 72.1 Å². The smallest absolute Gasteiger partial charge is 0.263 e. The Balaban J connectivity index is 1.77. The van der Waals surface area contributed by atoms with E-state index < -0.39 is 0 Å². The first-order chi connectivity index (χ1) is 11.3. The lowest BCUT2D eigenvalue weighted by molar-refractivity contribution is -0.142. The molecule has 2 fully saturated rings. The normalized spacial score (nSPS) is 28.7. The van der Waals surface area contributed by atoms with E-state index >= 15 is 0 Å². The van der Waals surface area contributed by atoms with Crippen molar-refractivity contribution in [3.8, 4) is 0 Å². The van der Waals surface area contributed by atoms with Gasteiger partial charge in [0.2, 0.25) is 0 Å². The molecular formula is C17H32N4O3. The van der Waals surface area contributed by atoms with Crippen molar-refractivity contribution >= 4 is 11.7 Å². The molecule has 138 valence electrons. The summed E-state index contributed by atoms with van der Waals surface area (Å²) in [7, 11) is 0. The fourth-order valence-corrected chi connectivity index (χ4v) is 3.66. The highest BCUT2D eigenvalue weighted by molar-refractivity contribution is 5.82. The van der Waals surface area contributed by atoms with Crippen LogP contribution >= 0.6 is 0 Å². The number of hydrogen-bond donors (Lipinski definition) is 1. The third kappa shape index (κ3) is 5.34. The predicted molar refractivity (Wildman–Crippen MR) is 93.7 cm³/mol. The molecular weight excluding hydrogens is 308 g/mol. The summed E-state index contributed by atoms with van der Waals surface area (Å²) in [5.41, 5.74) is 5.76. The Morgan fingerprint density at radius 2 is 2.00 bits per heavy atom. The monoisotopic (exact) mass is 340 g/mol. The van der Waals surface area contributed by atoms with Gasteiger partial charge in [-0.25, -0.2) is 0 Å². The van der Waals surface area contributed by atoms with Crippen LogP contribution in [0, 0.1) is 0 Å². The number of carbonyl (C=O) groups excluding carboxylic acids is 1. The topological polar surface area (TPSA) is 80.4 Å². The largest absolute Gasteiger partial charge is 0.384 e. The number of likely N-dealkylation sites (tertiary alicyclic amines) is 1. The van der Waals surface area contributed by atoms with Crippen molar-refractivity contribution in [2.24, 2.45) is 10.9 Å². The Kier molecular flexibility index (Phi) is 6.46. The molecule has 7 nitrogen and oxygen atoms in total. The molecule has 7 heteroatoms. The maximum atomic E-state index is 12.3. The van der Waals surface area contributed by atoms with E-state index in [-0.39, 0.29) is 30.2 Å². The number of ether oxygens (including phenoxy) is 1. The van der Waals surface area contributed by atoms with E-state index in [1.807, 2.05) is 4.90 Å². The number of morpholine rings is 1. The molecule has 0 aromatic carbocycles. The minimum absolute atomic E-state index is 0.0150. The summed E-state index contributed by atoms with van der Waals surface area (Å²) in [5, 5.41) is 3.92. The van der Waals surface area contributed by atoms with Crippen LogP contribution in [0.4, 0.5) is 0 Å². The maximum absolute atomic E-state index is 12.3. The highest BCUT2D eigenvalue weighted by Crippen LogP contribution is 2.22. The summed E-state index contributed by atoms with van der Waals surface area (Å²) in [5.74, 6) is 0.374. The molecule has 2 saturated heterocycles. The number of amides is 1. The SMILES string of the molecule is CC1CCCC(C)N1C(=O)CO/N=C(\N)CN1CCOC(C)(C)C1. The molecule has 0 bridgehead atoms. The van der Waals surface area contributed by atoms with Gasteiger partial charge in [0, 0.05) is 25.2 Å². The average Bonchev–Trinajstić information content (AvgIpc) is 2.45. The third-order valence-electron chi connectivity index (χ3n) is 4.74. The van der Waals surface area contributed by atoms with Crippen LogP contribution in [-0.2, 0) is 14.4 Å². The zero-order valence-corrected chi connectivity index (χ0v) is 15.5. The summed E-state index contributed by atoms with van der Waals surface area (Å²) in [6.45, 7) is 11.1. The van der Waals surface area contributed by atoms with Gasteiger partial charge in [0.25, 0.3) is 5.91 Å². The van der Waals surface area contributed by atoms with Gasteiger partial charge in [-0.05, 0) is 47.0 Å². The highest BCUT2D eigenvalue weighted by atomic mass is 16.6. The van der Waals surface area contributed by atoms with E-state index in [0.29, 0.717) is 19.0 Å². The number of piperidine rings is 1. The van der Waals surface area contributed by atoms with Gasteiger partial charge in [-0.2, -0.15) is 0 Å². The van der Waals surface area contributed by atoms with Crippen molar-refractivity contribution < 1.29 is 14.4 Å². The van der Waals surface area contributed by atoms with Crippen molar-refractivity contribution in [1.82, 2.24) is 9.80 Å². The lowest BCUT2D eigenvalue weighted by atomic mass is 9.97. The Labute approximate surface area is 145 Å². The van der Waals surface area contributed by atoms with E-state index in [9.17, 15) is 4.79 Å². The molecule has 0 radical (unpaired) electrons. The van der Waals surface area contributed by atoms with Gasteiger partial charge < -0.3 is 20.2 Å². The van der Waals surface area contributed by atoms with Crippen molar-refractivity contribution in [3.63, 3.8) is 0 Å². The molecule has 1 amide bonds. The number of nitrogens with zero attached hydrogens (tertiary/aromatic N) is 3. The molecule has 0 aromatic heterocycles. The molecule has 0 aromatic rings. The van der Waals surface area contributed by atoms with Gasteiger partial charge in [-0.15, -0.1) is 0 Å². The Bertz CT molecular complexity index is 457. The first-order valence-electron chi connectivity index (χ1n) is 8.90. The van der Waals surface area contributed by atoms with Crippen LogP contribution < -0.4 is 5.73 Å². The molecule has 24 heavy (non-hydrogen) atoms. The van der Waals surface area contributed by atoms with Crippen molar-refractivity contribution in [3.05, 3.63) is 0 Å². The number of rotatable bonds is 5. The summed E-state index contributed by atoms with van der Waals surface area (Å²) in [4.78, 5) is 21.7. The van der Waals surface area contributed by atoms with Crippen LogP contribution in [0.1, 0.15) is 47.0 Å². The number of oxime groups is 1. The van der Waals surface area contributed by atoms with Crippen molar-refractivity contribution in [1.29, 1.82) is 0 Å². The zero-order chi connectivity index (χ0) is 17.7. The van der Waals surface area contributed by atoms with Gasteiger partial charge in [0.15, 0.2) is 12.4 Å². The van der Waals surface area contributed by atoms with Gasteiger partial charge >= 0.3 is 0 Å². The standard InChI is InChI=1S/C17H32N4O3/c1-13-6-5-7-14(2)21(13)16(22)11-24-19-15(18)10-20-8-9-23-17(3,4)12-20/h13-14H,5-12H2,1-4H3,(H2,18,19). The van der Waals surface area contributed by atoms with Crippen LogP contribution in [0.25, 0.3) is 0 Å². The first-order valence-corrected chi connectivity index (χ1v) is 8.90. The van der Waals surface area contributed by atoms with E-state index in [0.717, 1.165) is 25.9 Å². The average molecular weight is 340 g/mol. The van der Waals surface area contributed by atoms with Crippen LogP contribution in [0.2, 0.25) is 0 Å². The van der Waals surface area contributed by atoms with E-state index in [2.05, 4.69) is 37.8 Å². The second kappa shape index (κ2) is 8.16. The third-order valence-corrected chi connectivity index (χ3v) is 4.74. The fraction of sp³-hybridized carbons (Fsp3) is 0.882. The quantitative estimate of drug-likeness (QED) is 0.462. The molecule has 0 saturated carbocycles. The first kappa shape index (κ1) is 19.0. The minimum Gasteiger partial charge on any atom is -0.384 e. The molecule has 2 rings (SSSR count). The number of amidine groups is 1. The minimum atomic E-state index is -0.171. The summed E-state index contributed by atoms with van der Waals surface area (Å²) < 4.78 is 5.67. The Hall–Kier alpha value is -1.34. The second-order valence-electron chi connectivity index (χ2n) is 7.60. The molecule has 2 aliphatic rings. The lowest BCUT2D eigenvalue weighted by Crippen LogP contribution is -2.50. The summed E-state index contributed by atoms with van der Waals surface area (Å²) in [6.07, 6.45) is 3.27. The van der Waals surface area contributed by atoms with Gasteiger partial charge in [0.05, 0.1) is 18.8 Å². The molecule has 0 spiro atoms. The molecule has 2 N–H and O–H groups in total. The molecule has 2 aliphatic heterocycles. The van der Waals surface area contributed by atoms with Crippen molar-refractivity contribution in [2.45, 2.75) is 64.6 Å². The number of hydrogen-bond acceptors (Lipinski definition) is 5. The second-order valence-corrected chi connectivity index (χ2v) is 7.60. The summed E-state index contributed by atoms with van der Waals surface area (Å²) in [6, 6.07) is 0.531. The number of carbonyl (C=O) groups is 1. The maximum Gasteiger partial charge on any atom is 0.263 e. The summed E-state index contributed by atoms with van der Waals surface area (Å²) >= 11 is 0. The molecule has 2 atom stereocenters. The Morgan fingerprint density at radius 3 is 2.62 bits per heavy atom. The lowest BCUT2D eigenvalue weighted by Gasteiger charge is -2.38. The van der Waals surface area contributed by atoms with Crippen LogP contribution in [0.5, 0.6) is 0 Å². The van der Waals surface area contributed by atoms with E-state index in [1.165, 1.54) is 6.42 Å². The number of nitrogens with two attached hydrogens (primary N) is 1. The molecule has 0 aliphatic carbocycles. The van der Waals surface area contributed by atoms with E-state index in [4.69, 9.17) is 15.3 Å². The predicted octanol–water partition coefficient (Wildman–Crippen LogP) is 1.18. The van der Waals surface area contributed by atoms with Crippen LogP contribution in [0.15, 0.2) is 5.16 Å². The molecule has 2 heterocycles. The van der Waals surface area contributed by atoms with Crippen molar-refractivity contribution in [2.75, 3.05) is 32.8 Å². The molecule has 2 unspecified atom stereocenters. The highest BCUT2D eigenvalue weighted by Gasteiger charge is 2.29. The van der Waals surface area contributed by atoms with Gasteiger partial charge in [0.1, 0.15) is 0 Å². The zero-order valence-electron chi connectivity index (χ0n) is 15.5. The van der Waals surface area contributed by atoms with Gasteiger partial charge in [-0.1, -0.05) is 5.16 Å².